The summed E-state index contributed by atoms with van der Waals surface area (Å²) in [5, 5.41) is 0.701. The zero-order valence-corrected chi connectivity index (χ0v) is 11.5. The highest BCUT2D eigenvalue weighted by molar-refractivity contribution is 6.30. The number of alkyl halides is 1. The molecule has 0 spiro atoms. The second-order valence-corrected chi connectivity index (χ2v) is 4.64. The van der Waals surface area contributed by atoms with E-state index in [0.29, 0.717) is 30.4 Å². The van der Waals surface area contributed by atoms with Crippen LogP contribution in [0.25, 0.3) is 0 Å². The summed E-state index contributed by atoms with van der Waals surface area (Å²) in [6, 6.07) is 7.59. The number of benzene rings is 1. The van der Waals surface area contributed by atoms with Gasteiger partial charge in [0.05, 0.1) is 0 Å². The number of rotatable bonds is 6. The highest BCUT2D eigenvalue weighted by Gasteiger charge is 2.11. The molecule has 0 bridgehead atoms. The van der Waals surface area contributed by atoms with E-state index in [1.807, 2.05) is 36.1 Å². The number of amides is 1. The van der Waals surface area contributed by atoms with Gasteiger partial charge in [0.15, 0.2) is 0 Å². The molecule has 1 rings (SSSR count). The first-order chi connectivity index (χ1) is 8.17. The third kappa shape index (κ3) is 4.97. The Hall–Kier alpha value is -0.730. The minimum absolute atomic E-state index is 0.146. The molecule has 0 fully saturated rings. The van der Waals surface area contributed by atoms with Crippen molar-refractivity contribution in [2.45, 2.75) is 26.3 Å². The van der Waals surface area contributed by atoms with Gasteiger partial charge in [0, 0.05) is 30.4 Å². The Morgan fingerprint density at radius 3 is 2.76 bits per heavy atom. The van der Waals surface area contributed by atoms with Crippen LogP contribution < -0.4 is 0 Å². The first kappa shape index (κ1) is 14.3. The van der Waals surface area contributed by atoms with Gasteiger partial charge in [0.25, 0.3) is 0 Å². The fraction of sp³-hybridized carbons (Fsp3) is 0.462. The highest BCUT2D eigenvalue weighted by atomic mass is 35.5. The molecule has 94 valence electrons. The molecular formula is C13H17Cl2NO. The molecule has 2 nitrogen and oxygen atoms in total. The maximum atomic E-state index is 11.9. The third-order valence-corrected chi connectivity index (χ3v) is 3.02. The fourth-order valence-electron chi connectivity index (χ4n) is 1.61. The van der Waals surface area contributed by atoms with Crippen molar-refractivity contribution in [1.82, 2.24) is 4.90 Å². The molecule has 17 heavy (non-hydrogen) atoms. The van der Waals surface area contributed by atoms with Gasteiger partial charge in [0.1, 0.15) is 0 Å². The molecule has 1 aromatic carbocycles. The highest BCUT2D eigenvalue weighted by Crippen LogP contribution is 2.13. The van der Waals surface area contributed by atoms with Crippen molar-refractivity contribution in [1.29, 1.82) is 0 Å². The van der Waals surface area contributed by atoms with E-state index in [0.717, 1.165) is 12.0 Å². The Kier molecular flexibility index (Phi) is 6.38. The van der Waals surface area contributed by atoms with Crippen molar-refractivity contribution >= 4 is 29.1 Å². The molecule has 0 saturated carbocycles. The van der Waals surface area contributed by atoms with E-state index in [1.165, 1.54) is 0 Å². The lowest BCUT2D eigenvalue weighted by atomic mass is 10.2. The van der Waals surface area contributed by atoms with Crippen molar-refractivity contribution in [3.8, 4) is 0 Å². The van der Waals surface area contributed by atoms with Crippen LogP contribution in [0, 0.1) is 0 Å². The van der Waals surface area contributed by atoms with Crippen molar-refractivity contribution in [3.05, 3.63) is 34.9 Å². The number of hydrogen-bond acceptors (Lipinski definition) is 1. The van der Waals surface area contributed by atoms with E-state index < -0.39 is 0 Å². The number of carbonyl (C=O) groups excluding carboxylic acids is 1. The number of halogens is 2. The Labute approximate surface area is 113 Å². The molecule has 0 atom stereocenters. The topological polar surface area (TPSA) is 20.3 Å². The standard InChI is InChI=1S/C13H17Cl2NO/c1-2-16(13(17)7-4-8-14)10-11-5-3-6-12(15)9-11/h3,5-6,9H,2,4,7-8,10H2,1H3. The minimum Gasteiger partial charge on any atom is -0.339 e. The van der Waals surface area contributed by atoms with Crippen LogP contribution >= 0.6 is 23.2 Å². The van der Waals surface area contributed by atoms with Crippen LogP contribution in [0.1, 0.15) is 25.3 Å². The molecular weight excluding hydrogens is 257 g/mol. The van der Waals surface area contributed by atoms with Crippen LogP contribution in [0.15, 0.2) is 24.3 Å². The number of carbonyl (C=O) groups is 1. The average Bonchev–Trinajstić information content (AvgIpc) is 2.33. The van der Waals surface area contributed by atoms with Crippen LogP contribution in [0.3, 0.4) is 0 Å². The van der Waals surface area contributed by atoms with E-state index in [4.69, 9.17) is 23.2 Å². The molecule has 1 aromatic rings. The zero-order valence-electron chi connectivity index (χ0n) is 9.96. The van der Waals surface area contributed by atoms with E-state index in [-0.39, 0.29) is 5.91 Å². The summed E-state index contributed by atoms with van der Waals surface area (Å²) in [5.41, 5.74) is 1.05. The summed E-state index contributed by atoms with van der Waals surface area (Å²) >= 11 is 11.5. The van der Waals surface area contributed by atoms with Crippen molar-refractivity contribution < 1.29 is 4.79 Å². The monoisotopic (exact) mass is 273 g/mol. The van der Waals surface area contributed by atoms with Crippen LogP contribution in [-0.2, 0) is 11.3 Å². The predicted octanol–water partition coefficient (Wildman–Crippen LogP) is 3.71. The van der Waals surface area contributed by atoms with Gasteiger partial charge in [-0.2, -0.15) is 0 Å². The van der Waals surface area contributed by atoms with Crippen LogP contribution in [0.5, 0.6) is 0 Å². The molecule has 0 N–H and O–H groups in total. The molecule has 0 aliphatic heterocycles. The van der Waals surface area contributed by atoms with Crippen LogP contribution in [0.2, 0.25) is 5.02 Å². The Morgan fingerprint density at radius 1 is 1.41 bits per heavy atom. The van der Waals surface area contributed by atoms with Gasteiger partial charge >= 0.3 is 0 Å². The van der Waals surface area contributed by atoms with Gasteiger partial charge in [-0.25, -0.2) is 0 Å². The lowest BCUT2D eigenvalue weighted by Gasteiger charge is -2.21. The number of hydrogen-bond donors (Lipinski definition) is 0. The van der Waals surface area contributed by atoms with Gasteiger partial charge in [-0.3, -0.25) is 4.79 Å². The Balaban J connectivity index is 2.60. The van der Waals surface area contributed by atoms with Crippen molar-refractivity contribution in [2.24, 2.45) is 0 Å². The van der Waals surface area contributed by atoms with Crippen molar-refractivity contribution in [3.63, 3.8) is 0 Å². The lowest BCUT2D eigenvalue weighted by molar-refractivity contribution is -0.131. The molecule has 0 heterocycles. The van der Waals surface area contributed by atoms with Gasteiger partial charge in [-0.15, -0.1) is 11.6 Å². The molecule has 0 aromatic heterocycles. The second-order valence-electron chi connectivity index (χ2n) is 3.83. The molecule has 0 saturated heterocycles. The van der Waals surface area contributed by atoms with Crippen LogP contribution in [0.4, 0.5) is 0 Å². The quantitative estimate of drug-likeness (QED) is 0.724. The normalized spacial score (nSPS) is 10.3. The molecule has 0 aliphatic carbocycles. The summed E-state index contributed by atoms with van der Waals surface area (Å²) in [5.74, 6) is 0.675. The third-order valence-electron chi connectivity index (χ3n) is 2.52. The van der Waals surface area contributed by atoms with E-state index in [2.05, 4.69) is 0 Å². The molecule has 1 amide bonds. The van der Waals surface area contributed by atoms with Crippen molar-refractivity contribution in [2.75, 3.05) is 12.4 Å². The summed E-state index contributed by atoms with van der Waals surface area (Å²) in [6.45, 7) is 3.29. The molecule has 0 aliphatic rings. The number of nitrogens with zero attached hydrogens (tertiary/aromatic N) is 1. The zero-order chi connectivity index (χ0) is 12.7. The van der Waals surface area contributed by atoms with E-state index in [9.17, 15) is 4.79 Å². The van der Waals surface area contributed by atoms with Crippen LogP contribution in [-0.4, -0.2) is 23.2 Å². The van der Waals surface area contributed by atoms with Gasteiger partial charge in [-0.05, 0) is 31.0 Å². The van der Waals surface area contributed by atoms with E-state index >= 15 is 0 Å². The second kappa shape index (κ2) is 7.57. The molecule has 0 unspecified atom stereocenters. The predicted molar refractivity (Wildman–Crippen MR) is 72.5 cm³/mol. The molecule has 4 heteroatoms. The maximum Gasteiger partial charge on any atom is 0.222 e. The smallest absolute Gasteiger partial charge is 0.222 e. The molecule has 0 radical (unpaired) electrons. The lowest BCUT2D eigenvalue weighted by Crippen LogP contribution is -2.30. The summed E-state index contributed by atoms with van der Waals surface area (Å²) in [7, 11) is 0. The summed E-state index contributed by atoms with van der Waals surface area (Å²) in [6.07, 6.45) is 1.24. The summed E-state index contributed by atoms with van der Waals surface area (Å²) in [4.78, 5) is 13.7. The average molecular weight is 274 g/mol. The van der Waals surface area contributed by atoms with Gasteiger partial charge in [-0.1, -0.05) is 23.7 Å². The summed E-state index contributed by atoms with van der Waals surface area (Å²) < 4.78 is 0. The fourth-order valence-corrected chi connectivity index (χ4v) is 1.95. The Morgan fingerprint density at radius 2 is 2.18 bits per heavy atom. The minimum atomic E-state index is 0.146. The first-order valence-corrected chi connectivity index (χ1v) is 6.66. The van der Waals surface area contributed by atoms with Gasteiger partial charge < -0.3 is 4.90 Å². The Bertz CT molecular complexity index is 368. The maximum absolute atomic E-state index is 11.9. The van der Waals surface area contributed by atoms with Gasteiger partial charge in [0.2, 0.25) is 5.91 Å². The SMILES string of the molecule is CCN(Cc1cccc(Cl)c1)C(=O)CCCCl. The first-order valence-electron chi connectivity index (χ1n) is 5.75. The van der Waals surface area contributed by atoms with E-state index in [1.54, 1.807) is 0 Å². The largest absolute Gasteiger partial charge is 0.339 e.